The molecule has 0 atom stereocenters. The molecule has 0 aromatic rings. The first-order valence-electron chi connectivity index (χ1n) is 1.02. The van der Waals surface area contributed by atoms with Crippen LogP contribution in [0.4, 0.5) is 0 Å². The van der Waals surface area contributed by atoms with Gasteiger partial charge in [0.15, 0.2) is 0 Å². The van der Waals surface area contributed by atoms with Gasteiger partial charge in [-0.05, 0) is 0 Å². The second kappa shape index (κ2) is 1.75. The summed E-state index contributed by atoms with van der Waals surface area (Å²) in [5.74, 6) is 0. The zero-order chi connectivity index (χ0) is 3.91. The molecule has 0 bridgehead atoms. The molecular weight excluding hydrogens is 99.0 g/mol. The molecule has 0 aliphatic carbocycles. The molecule has 0 amide bonds. The van der Waals surface area contributed by atoms with Crippen LogP contribution < -0.4 is 29.6 Å². The van der Waals surface area contributed by atoms with Gasteiger partial charge in [-0.25, -0.2) is 0 Å². The maximum absolute atomic E-state index is 7.74. The number of hydrogen-bond acceptors (Lipinski definition) is 4. The summed E-state index contributed by atoms with van der Waals surface area (Å²) in [6, 6.07) is 0. The maximum Gasteiger partial charge on any atom is 1.00 e. The summed E-state index contributed by atoms with van der Waals surface area (Å²) in [6.45, 7) is 0. The molecule has 1 heterocycles. The molecule has 0 aromatic heterocycles. The standard InChI is InChI=1S/CH2O4.Na.H/c2-1(3)4-5-1;;/h2-3H;;/q;+1;-1. The molecule has 6 heavy (non-hydrogen) atoms. The van der Waals surface area contributed by atoms with Crippen molar-refractivity contribution >= 4 is 0 Å². The Morgan fingerprint density at radius 2 is 1.50 bits per heavy atom. The quantitative estimate of drug-likeness (QED) is 0.140. The minimum Gasteiger partial charge on any atom is -1.00 e. The summed E-state index contributed by atoms with van der Waals surface area (Å²) in [4.78, 5) is 7.01. The van der Waals surface area contributed by atoms with Crippen LogP contribution in [0.15, 0.2) is 0 Å². The van der Waals surface area contributed by atoms with Crippen molar-refractivity contribution in [1.29, 1.82) is 0 Å². The van der Waals surface area contributed by atoms with Crippen molar-refractivity contribution in [2.24, 2.45) is 0 Å². The molecule has 1 fully saturated rings. The fourth-order valence-corrected chi connectivity index (χ4v) is 0.0373. The molecule has 0 radical (unpaired) electrons. The van der Waals surface area contributed by atoms with Crippen molar-refractivity contribution in [3.8, 4) is 0 Å². The van der Waals surface area contributed by atoms with Crippen molar-refractivity contribution in [2.45, 2.75) is 6.16 Å². The molecule has 1 aliphatic heterocycles. The third-order valence-electron chi connectivity index (χ3n) is 0.232. The van der Waals surface area contributed by atoms with Gasteiger partial charge in [-0.1, -0.05) is 0 Å². The summed E-state index contributed by atoms with van der Waals surface area (Å²) >= 11 is 0. The van der Waals surface area contributed by atoms with E-state index in [2.05, 4.69) is 9.78 Å². The van der Waals surface area contributed by atoms with Gasteiger partial charge in [0.2, 0.25) is 0 Å². The van der Waals surface area contributed by atoms with E-state index < -0.39 is 6.16 Å². The Balaban J connectivity index is 0. The van der Waals surface area contributed by atoms with Crippen molar-refractivity contribution in [1.82, 2.24) is 0 Å². The van der Waals surface area contributed by atoms with Crippen molar-refractivity contribution in [3.63, 3.8) is 0 Å². The zero-order valence-corrected chi connectivity index (χ0v) is 5.21. The van der Waals surface area contributed by atoms with Crippen LogP contribution >= 0.6 is 0 Å². The van der Waals surface area contributed by atoms with Crippen LogP contribution in [-0.4, -0.2) is 16.4 Å². The fourth-order valence-electron chi connectivity index (χ4n) is 0.0373. The maximum atomic E-state index is 7.74. The van der Waals surface area contributed by atoms with Gasteiger partial charge < -0.3 is 11.6 Å². The first kappa shape index (κ1) is 6.84. The van der Waals surface area contributed by atoms with Crippen LogP contribution in [-0.2, 0) is 9.78 Å². The molecule has 1 rings (SSSR count). The van der Waals surface area contributed by atoms with Crippen LogP contribution in [0.2, 0.25) is 0 Å². The molecular formula is CH3NaO4. The Hall–Kier alpha value is 0.840. The van der Waals surface area contributed by atoms with Gasteiger partial charge in [0.1, 0.15) is 0 Å². The van der Waals surface area contributed by atoms with Crippen molar-refractivity contribution in [3.05, 3.63) is 0 Å². The topological polar surface area (TPSA) is 65.5 Å². The largest absolute Gasteiger partial charge is 1.00 e. The van der Waals surface area contributed by atoms with Crippen LogP contribution in [0.3, 0.4) is 0 Å². The summed E-state index contributed by atoms with van der Waals surface area (Å²) in [5, 5.41) is 15.5. The molecule has 5 heteroatoms. The van der Waals surface area contributed by atoms with Crippen molar-refractivity contribution in [2.75, 3.05) is 0 Å². The Kier molecular flexibility index (Phi) is 2.00. The van der Waals surface area contributed by atoms with E-state index in [0.717, 1.165) is 0 Å². The second-order valence-electron chi connectivity index (χ2n) is 0.715. The van der Waals surface area contributed by atoms with Crippen molar-refractivity contribution < 1.29 is 51.0 Å². The molecule has 0 saturated carbocycles. The zero-order valence-electron chi connectivity index (χ0n) is 4.21. The monoisotopic (exact) mass is 102 g/mol. The average molecular weight is 102 g/mol. The van der Waals surface area contributed by atoms with Gasteiger partial charge in [-0.3, -0.25) is 0 Å². The molecule has 4 nitrogen and oxygen atoms in total. The first-order valence-corrected chi connectivity index (χ1v) is 1.02. The van der Waals surface area contributed by atoms with E-state index in [0.29, 0.717) is 0 Å². The number of rotatable bonds is 0. The summed E-state index contributed by atoms with van der Waals surface area (Å²) in [5.41, 5.74) is 0. The van der Waals surface area contributed by atoms with E-state index in [1.54, 1.807) is 0 Å². The van der Waals surface area contributed by atoms with Gasteiger partial charge in [0.25, 0.3) is 0 Å². The minimum atomic E-state index is -2.25. The summed E-state index contributed by atoms with van der Waals surface area (Å²) in [7, 11) is 0. The Morgan fingerprint density at radius 3 is 1.50 bits per heavy atom. The molecule has 0 aromatic carbocycles. The molecule has 0 spiro atoms. The number of hydrogen-bond donors (Lipinski definition) is 2. The normalized spacial score (nSPS) is 25.0. The first-order chi connectivity index (χ1) is 2.21. The van der Waals surface area contributed by atoms with Crippen LogP contribution in [0.25, 0.3) is 0 Å². The van der Waals surface area contributed by atoms with E-state index in [-0.39, 0.29) is 31.0 Å². The molecule has 0 unspecified atom stereocenters. The summed E-state index contributed by atoms with van der Waals surface area (Å²) < 4.78 is 0. The van der Waals surface area contributed by atoms with E-state index in [1.807, 2.05) is 0 Å². The van der Waals surface area contributed by atoms with E-state index in [4.69, 9.17) is 10.2 Å². The van der Waals surface area contributed by atoms with E-state index in [1.165, 1.54) is 0 Å². The molecule has 1 saturated heterocycles. The summed E-state index contributed by atoms with van der Waals surface area (Å²) in [6.07, 6.45) is -2.25. The van der Waals surface area contributed by atoms with Gasteiger partial charge in [-0.15, -0.1) is 9.78 Å². The van der Waals surface area contributed by atoms with E-state index >= 15 is 0 Å². The molecule has 2 N–H and O–H groups in total. The van der Waals surface area contributed by atoms with Crippen LogP contribution in [0.5, 0.6) is 0 Å². The van der Waals surface area contributed by atoms with Crippen LogP contribution in [0, 0.1) is 0 Å². The SMILES string of the molecule is OC1(O)OO1.[H-].[Na+]. The molecule has 32 valence electrons. The second-order valence-corrected chi connectivity index (χ2v) is 0.715. The van der Waals surface area contributed by atoms with Gasteiger partial charge in [0, 0.05) is 0 Å². The third-order valence-corrected chi connectivity index (χ3v) is 0.232. The Bertz CT molecular complexity index is 49.7. The predicted octanol–water partition coefficient (Wildman–Crippen LogP) is -4.34. The minimum absolute atomic E-state index is 0. The average Bonchev–Trinajstić information content (AvgIpc) is 1.76. The predicted molar refractivity (Wildman–Crippen MR) is 10.5 cm³/mol. The Morgan fingerprint density at radius 1 is 1.33 bits per heavy atom. The van der Waals surface area contributed by atoms with Gasteiger partial charge in [-0.2, -0.15) is 0 Å². The van der Waals surface area contributed by atoms with Gasteiger partial charge in [0.05, 0.1) is 0 Å². The fraction of sp³-hybridized carbons (Fsp3) is 1.00. The van der Waals surface area contributed by atoms with Gasteiger partial charge >= 0.3 is 35.7 Å². The van der Waals surface area contributed by atoms with E-state index in [9.17, 15) is 0 Å². The van der Waals surface area contributed by atoms with Crippen LogP contribution in [0.1, 0.15) is 1.43 Å². The Labute approximate surface area is 57.4 Å². The smallest absolute Gasteiger partial charge is 1.00 e. The number of aliphatic hydroxyl groups is 2. The molecule has 1 aliphatic rings. The third kappa shape index (κ3) is 2.09.